The van der Waals surface area contributed by atoms with E-state index < -0.39 is 22.8 Å². The summed E-state index contributed by atoms with van der Waals surface area (Å²) >= 11 is 0. The minimum atomic E-state index is -3.30. The fourth-order valence-corrected chi connectivity index (χ4v) is 4.54. The number of carbonyl (C=O) groups excluding carboxylic acids is 1. The Morgan fingerprint density at radius 2 is 1.94 bits per heavy atom. The highest BCUT2D eigenvalue weighted by Gasteiger charge is 2.26. The van der Waals surface area contributed by atoms with Gasteiger partial charge in [0.05, 0.1) is 12.5 Å². The quantitative estimate of drug-likeness (QED) is 0.443. The van der Waals surface area contributed by atoms with Crippen LogP contribution in [0.3, 0.4) is 0 Å². The predicted molar refractivity (Wildman–Crippen MR) is 126 cm³/mol. The number of hydrogen-bond acceptors (Lipinski definition) is 8. The molecule has 0 unspecified atom stereocenters. The van der Waals surface area contributed by atoms with Crippen LogP contribution in [0, 0.1) is 6.85 Å². The van der Waals surface area contributed by atoms with E-state index >= 15 is 0 Å². The number of hydrogen-bond donors (Lipinski definition) is 1. The minimum Gasteiger partial charge on any atom is -0.352 e. The van der Waals surface area contributed by atoms with Gasteiger partial charge in [-0.15, -0.1) is 5.10 Å². The van der Waals surface area contributed by atoms with Crippen LogP contribution in [0.15, 0.2) is 49.1 Å². The maximum Gasteiger partial charge on any atom is 0.262 e. The molecule has 0 atom stereocenters. The molecule has 1 amide bonds. The highest BCUT2D eigenvalue weighted by Crippen LogP contribution is 2.24. The molecule has 4 aromatic heterocycles. The first kappa shape index (κ1) is 18.6. The standard InChI is InChI=1S/C21H23N9O3S/c1-15-4-5-17(23-13-15)30-18(25-21(31)16-14-24-29-7-3-6-22-20(16)29)12-19(26-30)27-8-10-28(11-9-27)34(2,32)33/h3-7,12-14H,8-11H2,1-2H3,(H,25,31)/i1D3. The molecule has 1 aliphatic heterocycles. The number of pyridine rings is 1. The fourth-order valence-electron chi connectivity index (χ4n) is 3.72. The van der Waals surface area contributed by atoms with E-state index in [9.17, 15) is 13.2 Å². The molecule has 0 bridgehead atoms. The SMILES string of the molecule is [2H]C([2H])([2H])c1ccc(-n2nc(N3CCN(S(C)(=O)=O)CC3)cc2NC(=O)c2cnn3cccnc23)nc1. The molecule has 0 spiro atoms. The van der Waals surface area contributed by atoms with Crippen LogP contribution < -0.4 is 10.2 Å². The van der Waals surface area contributed by atoms with Crippen LogP contribution >= 0.6 is 0 Å². The second-order valence-electron chi connectivity index (χ2n) is 7.75. The summed E-state index contributed by atoms with van der Waals surface area (Å²) in [5.41, 5.74) is 0.703. The fraction of sp³-hybridized carbons (Fsp3) is 0.286. The molecule has 176 valence electrons. The maximum absolute atomic E-state index is 13.2. The average Bonchev–Trinajstić information content (AvgIpc) is 3.48. The van der Waals surface area contributed by atoms with Crippen molar-refractivity contribution in [2.75, 3.05) is 42.7 Å². The lowest BCUT2D eigenvalue weighted by atomic mass is 10.3. The van der Waals surface area contributed by atoms with Gasteiger partial charge >= 0.3 is 0 Å². The molecule has 5 heterocycles. The van der Waals surface area contributed by atoms with Gasteiger partial charge in [-0.25, -0.2) is 22.9 Å². The molecular formula is C21H23N9O3S. The Morgan fingerprint density at radius 3 is 2.65 bits per heavy atom. The van der Waals surface area contributed by atoms with Gasteiger partial charge in [-0.05, 0) is 24.5 Å². The van der Waals surface area contributed by atoms with Crippen LogP contribution in [-0.4, -0.2) is 80.4 Å². The third-order valence-electron chi connectivity index (χ3n) is 5.46. The van der Waals surface area contributed by atoms with Crippen LogP contribution in [0.5, 0.6) is 0 Å². The van der Waals surface area contributed by atoms with Crippen LogP contribution in [0.2, 0.25) is 0 Å². The third-order valence-corrected chi connectivity index (χ3v) is 6.76. The van der Waals surface area contributed by atoms with Crippen LogP contribution in [0.25, 0.3) is 11.5 Å². The summed E-state index contributed by atoms with van der Waals surface area (Å²) < 4.78 is 50.8. The van der Waals surface area contributed by atoms with E-state index in [2.05, 4.69) is 25.5 Å². The Hall–Kier alpha value is -3.84. The first-order chi connectivity index (χ1) is 17.5. The molecule has 0 radical (unpaired) electrons. The van der Waals surface area contributed by atoms with E-state index in [0.717, 1.165) is 0 Å². The minimum absolute atomic E-state index is 0.0727. The van der Waals surface area contributed by atoms with Gasteiger partial charge in [0.25, 0.3) is 5.91 Å². The van der Waals surface area contributed by atoms with Crippen molar-refractivity contribution in [3.8, 4) is 5.82 Å². The molecule has 1 fully saturated rings. The highest BCUT2D eigenvalue weighted by molar-refractivity contribution is 7.88. The van der Waals surface area contributed by atoms with Gasteiger partial charge in [0.1, 0.15) is 11.4 Å². The number of amides is 1. The van der Waals surface area contributed by atoms with E-state index in [-0.39, 0.29) is 16.9 Å². The molecule has 1 N–H and O–H groups in total. The normalized spacial score (nSPS) is 16.7. The summed E-state index contributed by atoms with van der Waals surface area (Å²) in [6.45, 7) is -0.907. The molecule has 4 aromatic rings. The summed E-state index contributed by atoms with van der Waals surface area (Å²) in [4.78, 5) is 23.5. The number of aryl methyl sites for hydroxylation is 1. The van der Waals surface area contributed by atoms with Gasteiger partial charge in [-0.2, -0.15) is 14.1 Å². The number of carbonyl (C=O) groups is 1. The Bertz CT molecular complexity index is 1560. The van der Waals surface area contributed by atoms with Crippen LogP contribution in [0.4, 0.5) is 11.6 Å². The van der Waals surface area contributed by atoms with Crippen molar-refractivity contribution in [2.24, 2.45) is 0 Å². The summed E-state index contributed by atoms with van der Waals surface area (Å²) in [5.74, 6) is 0.614. The number of anilines is 2. The second-order valence-corrected chi connectivity index (χ2v) is 9.74. The Labute approximate surface area is 200 Å². The molecular weight excluding hydrogens is 458 g/mol. The summed E-state index contributed by atoms with van der Waals surface area (Å²) in [5, 5.41) is 11.6. The highest BCUT2D eigenvalue weighted by atomic mass is 32.2. The molecule has 0 aliphatic carbocycles. The van der Waals surface area contributed by atoms with Crippen molar-refractivity contribution in [3.63, 3.8) is 0 Å². The lowest BCUT2D eigenvalue weighted by Gasteiger charge is -2.33. The van der Waals surface area contributed by atoms with Crippen molar-refractivity contribution in [1.29, 1.82) is 0 Å². The van der Waals surface area contributed by atoms with Gasteiger partial charge < -0.3 is 10.2 Å². The van der Waals surface area contributed by atoms with Gasteiger partial charge in [0.2, 0.25) is 10.0 Å². The predicted octanol–water partition coefficient (Wildman–Crippen LogP) is 0.952. The molecule has 0 saturated carbocycles. The van der Waals surface area contributed by atoms with E-state index in [1.807, 2.05) is 4.90 Å². The molecule has 1 aliphatic rings. The second kappa shape index (κ2) is 8.50. The lowest BCUT2D eigenvalue weighted by Crippen LogP contribution is -2.48. The maximum atomic E-state index is 13.2. The molecule has 0 aromatic carbocycles. The average molecular weight is 485 g/mol. The number of rotatable bonds is 5. The van der Waals surface area contributed by atoms with Crippen molar-refractivity contribution in [1.82, 2.24) is 33.7 Å². The topological polar surface area (TPSA) is 131 Å². The Balaban J connectivity index is 1.48. The number of piperazine rings is 1. The zero-order chi connectivity index (χ0) is 26.4. The first-order valence-corrected chi connectivity index (χ1v) is 12.2. The molecule has 13 heteroatoms. The van der Waals surface area contributed by atoms with E-state index in [1.165, 1.54) is 44.3 Å². The smallest absolute Gasteiger partial charge is 0.262 e. The number of fused-ring (bicyclic) bond motifs is 1. The lowest BCUT2D eigenvalue weighted by molar-refractivity contribution is 0.102. The van der Waals surface area contributed by atoms with Gasteiger partial charge in [0, 0.05) is 54.9 Å². The molecule has 12 nitrogen and oxygen atoms in total. The number of nitrogens with one attached hydrogen (secondary N) is 1. The zero-order valence-corrected chi connectivity index (χ0v) is 19.0. The van der Waals surface area contributed by atoms with Crippen molar-refractivity contribution in [2.45, 2.75) is 6.85 Å². The number of aromatic nitrogens is 6. The van der Waals surface area contributed by atoms with Crippen molar-refractivity contribution < 1.29 is 17.3 Å². The summed E-state index contributed by atoms with van der Waals surface area (Å²) in [7, 11) is -3.30. The first-order valence-electron chi connectivity index (χ1n) is 11.9. The largest absolute Gasteiger partial charge is 0.352 e. The van der Waals surface area contributed by atoms with Gasteiger partial charge in [-0.1, -0.05) is 6.07 Å². The number of sulfonamides is 1. The van der Waals surface area contributed by atoms with Crippen molar-refractivity contribution >= 4 is 33.2 Å². The molecule has 34 heavy (non-hydrogen) atoms. The van der Waals surface area contributed by atoms with E-state index in [4.69, 9.17) is 4.11 Å². The van der Waals surface area contributed by atoms with Crippen LogP contribution in [0.1, 0.15) is 20.0 Å². The van der Waals surface area contributed by atoms with Gasteiger partial charge in [-0.3, -0.25) is 4.79 Å². The number of nitrogens with zero attached hydrogens (tertiary/aromatic N) is 8. The molecule has 1 saturated heterocycles. The van der Waals surface area contributed by atoms with Gasteiger partial charge in [0.15, 0.2) is 17.3 Å². The summed E-state index contributed by atoms with van der Waals surface area (Å²) in [6.07, 6.45) is 7.06. The summed E-state index contributed by atoms with van der Waals surface area (Å²) in [6, 6.07) is 6.29. The third kappa shape index (κ3) is 4.22. The van der Waals surface area contributed by atoms with E-state index in [1.54, 1.807) is 24.5 Å². The molecule has 5 rings (SSSR count). The van der Waals surface area contributed by atoms with Crippen molar-refractivity contribution in [3.05, 3.63) is 60.2 Å². The zero-order valence-electron chi connectivity index (χ0n) is 21.2. The van der Waals surface area contributed by atoms with Crippen LogP contribution in [-0.2, 0) is 10.0 Å². The Morgan fingerprint density at radius 1 is 1.12 bits per heavy atom. The van der Waals surface area contributed by atoms with E-state index in [0.29, 0.717) is 43.5 Å². The Kier molecular flexibility index (Phi) is 4.64. The monoisotopic (exact) mass is 484 g/mol.